The first kappa shape index (κ1) is 15.7. The zero-order chi connectivity index (χ0) is 15.1. The summed E-state index contributed by atoms with van der Waals surface area (Å²) in [5, 5.41) is 12.0. The molecule has 0 aliphatic carbocycles. The monoisotopic (exact) mass is 293 g/mol. The molecule has 7 nitrogen and oxygen atoms in total. The van der Waals surface area contributed by atoms with Gasteiger partial charge in [0.15, 0.2) is 0 Å². The van der Waals surface area contributed by atoms with Crippen LogP contribution in [0.4, 0.5) is 5.82 Å². The van der Waals surface area contributed by atoms with E-state index in [1.807, 2.05) is 11.8 Å². The smallest absolute Gasteiger partial charge is 0.274 e. The molecule has 0 atom stereocenters. The minimum atomic E-state index is -0.0728. The summed E-state index contributed by atoms with van der Waals surface area (Å²) in [7, 11) is 0. The lowest BCUT2D eigenvalue weighted by Crippen LogP contribution is -2.36. The fourth-order valence-corrected chi connectivity index (χ4v) is 2.41. The Balaban J connectivity index is 1.95. The Morgan fingerprint density at radius 1 is 1.29 bits per heavy atom. The molecule has 21 heavy (non-hydrogen) atoms. The third-order valence-electron chi connectivity index (χ3n) is 3.52. The number of amides is 1. The van der Waals surface area contributed by atoms with Crippen molar-refractivity contribution >= 4 is 11.7 Å². The first-order valence-corrected chi connectivity index (χ1v) is 7.43. The van der Waals surface area contributed by atoms with Gasteiger partial charge in [-0.15, -0.1) is 0 Å². The normalized spacial score (nSPS) is 16.6. The first-order chi connectivity index (χ1) is 10.2. The number of hydrogen-bond acceptors (Lipinski definition) is 6. The quantitative estimate of drug-likeness (QED) is 0.798. The number of rotatable bonds is 5. The van der Waals surface area contributed by atoms with Gasteiger partial charge in [0, 0.05) is 32.7 Å². The third kappa shape index (κ3) is 4.37. The number of carbonyl (C=O) groups is 1. The first-order valence-electron chi connectivity index (χ1n) is 7.43. The van der Waals surface area contributed by atoms with E-state index < -0.39 is 0 Å². The van der Waals surface area contributed by atoms with Crippen LogP contribution in [0, 0.1) is 0 Å². The lowest BCUT2D eigenvalue weighted by Gasteiger charge is -2.21. The highest BCUT2D eigenvalue weighted by Crippen LogP contribution is 2.08. The molecule has 1 aliphatic heterocycles. The van der Waals surface area contributed by atoms with E-state index >= 15 is 0 Å². The Hall–Kier alpha value is -1.73. The number of nitrogens with one attached hydrogen (secondary N) is 1. The van der Waals surface area contributed by atoms with E-state index in [0.717, 1.165) is 32.6 Å². The number of hydrogen-bond donors (Lipinski definition) is 2. The summed E-state index contributed by atoms with van der Waals surface area (Å²) in [6.07, 6.45) is 4.03. The minimum absolute atomic E-state index is 0.0728. The molecule has 0 bridgehead atoms. The number of aromatic nitrogens is 2. The molecule has 1 fully saturated rings. The van der Waals surface area contributed by atoms with E-state index in [9.17, 15) is 4.79 Å². The lowest BCUT2D eigenvalue weighted by molar-refractivity contribution is 0.0754. The highest BCUT2D eigenvalue weighted by molar-refractivity contribution is 5.92. The van der Waals surface area contributed by atoms with Gasteiger partial charge in [-0.2, -0.15) is 0 Å². The highest BCUT2D eigenvalue weighted by atomic mass is 16.3. The van der Waals surface area contributed by atoms with Crippen LogP contribution in [0.2, 0.25) is 0 Å². The second-order valence-corrected chi connectivity index (χ2v) is 5.03. The van der Waals surface area contributed by atoms with Crippen molar-refractivity contribution in [2.75, 3.05) is 51.2 Å². The van der Waals surface area contributed by atoms with Crippen molar-refractivity contribution < 1.29 is 9.90 Å². The molecule has 7 heteroatoms. The second kappa shape index (κ2) is 7.90. The van der Waals surface area contributed by atoms with Gasteiger partial charge < -0.3 is 15.3 Å². The van der Waals surface area contributed by atoms with Gasteiger partial charge in [0.05, 0.1) is 19.0 Å². The van der Waals surface area contributed by atoms with Crippen LogP contribution in [0.5, 0.6) is 0 Å². The van der Waals surface area contributed by atoms with E-state index in [-0.39, 0.29) is 12.5 Å². The fraction of sp³-hybridized carbons (Fsp3) is 0.643. The molecule has 2 heterocycles. The van der Waals surface area contributed by atoms with Crippen LogP contribution >= 0.6 is 0 Å². The Labute approximate surface area is 125 Å². The molecule has 116 valence electrons. The van der Waals surface area contributed by atoms with Gasteiger partial charge in [-0.25, -0.2) is 9.97 Å². The number of aliphatic hydroxyl groups is 1. The predicted molar refractivity (Wildman–Crippen MR) is 80.2 cm³/mol. The van der Waals surface area contributed by atoms with Gasteiger partial charge in [0.2, 0.25) is 0 Å². The minimum Gasteiger partial charge on any atom is -0.395 e. The summed E-state index contributed by atoms with van der Waals surface area (Å²) in [4.78, 5) is 24.8. The van der Waals surface area contributed by atoms with Gasteiger partial charge in [0.25, 0.3) is 5.91 Å². The molecule has 1 amide bonds. The molecule has 0 saturated carbocycles. The Morgan fingerprint density at radius 3 is 2.81 bits per heavy atom. The van der Waals surface area contributed by atoms with Gasteiger partial charge in [-0.05, 0) is 19.9 Å². The van der Waals surface area contributed by atoms with Crippen molar-refractivity contribution in [3.8, 4) is 0 Å². The highest BCUT2D eigenvalue weighted by Gasteiger charge is 2.21. The summed E-state index contributed by atoms with van der Waals surface area (Å²) in [5.41, 5.74) is 0.382. The maximum absolute atomic E-state index is 12.4. The standard InChI is InChI=1S/C14H23N5O2/c1-2-15-13-11-16-12(10-17-13)14(21)19-5-3-4-18(6-7-19)8-9-20/h10-11,20H,2-9H2,1H3,(H,15,17). The van der Waals surface area contributed by atoms with Gasteiger partial charge in [-0.3, -0.25) is 9.69 Å². The molecule has 1 aromatic rings. The molecule has 0 aromatic carbocycles. The van der Waals surface area contributed by atoms with Crippen molar-refractivity contribution in [2.45, 2.75) is 13.3 Å². The molecule has 0 radical (unpaired) electrons. The lowest BCUT2D eigenvalue weighted by atomic mass is 10.3. The third-order valence-corrected chi connectivity index (χ3v) is 3.52. The molecule has 2 N–H and O–H groups in total. The second-order valence-electron chi connectivity index (χ2n) is 5.03. The van der Waals surface area contributed by atoms with Crippen LogP contribution in [0.25, 0.3) is 0 Å². The summed E-state index contributed by atoms with van der Waals surface area (Å²) >= 11 is 0. The van der Waals surface area contributed by atoms with Crippen molar-refractivity contribution in [3.63, 3.8) is 0 Å². The summed E-state index contributed by atoms with van der Waals surface area (Å²) in [5.74, 6) is 0.607. The maximum atomic E-state index is 12.4. The van der Waals surface area contributed by atoms with Crippen molar-refractivity contribution in [3.05, 3.63) is 18.1 Å². The number of β-amino-alcohol motifs (C(OH)–C–C–N with tert-alkyl or cyclic N) is 1. The van der Waals surface area contributed by atoms with Crippen molar-refractivity contribution in [1.29, 1.82) is 0 Å². The van der Waals surface area contributed by atoms with E-state index in [0.29, 0.717) is 24.6 Å². The summed E-state index contributed by atoms with van der Waals surface area (Å²) in [6.45, 7) is 6.66. The molecular formula is C14H23N5O2. The van der Waals surface area contributed by atoms with Crippen molar-refractivity contribution in [2.24, 2.45) is 0 Å². The van der Waals surface area contributed by atoms with Gasteiger partial charge >= 0.3 is 0 Å². The predicted octanol–water partition coefficient (Wildman–Crippen LogP) is 0.0486. The summed E-state index contributed by atoms with van der Waals surface area (Å²) < 4.78 is 0. The van der Waals surface area contributed by atoms with Crippen molar-refractivity contribution in [1.82, 2.24) is 19.8 Å². The van der Waals surface area contributed by atoms with Gasteiger partial charge in [0.1, 0.15) is 11.5 Å². The zero-order valence-electron chi connectivity index (χ0n) is 12.5. The Bertz CT molecular complexity index is 451. The average molecular weight is 293 g/mol. The molecule has 0 unspecified atom stereocenters. The molecule has 2 rings (SSSR count). The van der Waals surface area contributed by atoms with Crippen LogP contribution in [0.15, 0.2) is 12.4 Å². The van der Waals surface area contributed by atoms with Crippen LogP contribution in [0.3, 0.4) is 0 Å². The van der Waals surface area contributed by atoms with E-state index in [1.165, 1.54) is 6.20 Å². The molecule has 1 aliphatic rings. The van der Waals surface area contributed by atoms with Crippen LogP contribution < -0.4 is 5.32 Å². The molecular weight excluding hydrogens is 270 g/mol. The van der Waals surface area contributed by atoms with E-state index in [4.69, 9.17) is 5.11 Å². The van der Waals surface area contributed by atoms with E-state index in [2.05, 4.69) is 20.2 Å². The molecule has 1 aromatic heterocycles. The number of anilines is 1. The Kier molecular flexibility index (Phi) is 5.89. The SMILES string of the molecule is CCNc1cnc(C(=O)N2CCCN(CCO)CC2)cn1. The largest absolute Gasteiger partial charge is 0.395 e. The van der Waals surface area contributed by atoms with Crippen LogP contribution in [-0.2, 0) is 0 Å². The Morgan fingerprint density at radius 2 is 2.14 bits per heavy atom. The number of aliphatic hydroxyl groups excluding tert-OH is 1. The summed E-state index contributed by atoms with van der Waals surface area (Å²) in [6, 6.07) is 0. The molecule has 1 saturated heterocycles. The molecule has 0 spiro atoms. The number of nitrogens with zero attached hydrogens (tertiary/aromatic N) is 4. The fourth-order valence-electron chi connectivity index (χ4n) is 2.41. The zero-order valence-corrected chi connectivity index (χ0v) is 12.5. The van der Waals surface area contributed by atoms with Crippen LogP contribution in [0.1, 0.15) is 23.8 Å². The van der Waals surface area contributed by atoms with Crippen LogP contribution in [-0.4, -0.2) is 76.7 Å². The topological polar surface area (TPSA) is 81.6 Å². The average Bonchev–Trinajstić information content (AvgIpc) is 2.74. The maximum Gasteiger partial charge on any atom is 0.274 e. The number of carbonyl (C=O) groups excluding carboxylic acids is 1. The van der Waals surface area contributed by atoms with Gasteiger partial charge in [-0.1, -0.05) is 0 Å². The van der Waals surface area contributed by atoms with E-state index in [1.54, 1.807) is 6.20 Å².